The number of nitrogens with two attached hydrogens (primary N) is 1. The van der Waals surface area contributed by atoms with Gasteiger partial charge in [-0.25, -0.2) is 0 Å². The highest BCUT2D eigenvalue weighted by Gasteiger charge is 2.07. The van der Waals surface area contributed by atoms with Crippen LogP contribution >= 0.6 is 0 Å². The minimum absolute atomic E-state index is 0.0391. The van der Waals surface area contributed by atoms with Gasteiger partial charge in [-0.05, 0) is 18.6 Å². The van der Waals surface area contributed by atoms with E-state index in [-0.39, 0.29) is 6.04 Å². The number of aryl methyl sites for hydroxylation is 1. The number of rotatable bonds is 4. The first-order valence-corrected chi connectivity index (χ1v) is 4.23. The maximum Gasteiger partial charge on any atom is 0.121 e. The van der Waals surface area contributed by atoms with Crippen LogP contribution in [-0.4, -0.2) is 0 Å². The zero-order chi connectivity index (χ0) is 8.97. The number of hydrogen-bond donors (Lipinski definition) is 1. The summed E-state index contributed by atoms with van der Waals surface area (Å²) in [4.78, 5) is 0. The second-order valence-corrected chi connectivity index (χ2v) is 2.79. The molecule has 2 N–H and O–H groups in total. The van der Waals surface area contributed by atoms with Crippen molar-refractivity contribution in [3.63, 3.8) is 0 Å². The lowest BCUT2D eigenvalue weighted by Crippen LogP contribution is -2.07. The lowest BCUT2D eigenvalue weighted by atomic mass is 10.2. The SMILES string of the molecule is C=CC[C@@H](N)c1ccc(CC)o1. The van der Waals surface area contributed by atoms with Crippen molar-refractivity contribution in [2.75, 3.05) is 0 Å². The summed E-state index contributed by atoms with van der Waals surface area (Å²) in [6.07, 6.45) is 3.48. The molecule has 2 heteroatoms. The normalized spacial score (nSPS) is 12.8. The average molecular weight is 165 g/mol. The van der Waals surface area contributed by atoms with Gasteiger partial charge in [0.2, 0.25) is 0 Å². The van der Waals surface area contributed by atoms with E-state index in [0.717, 1.165) is 24.4 Å². The Balaban J connectivity index is 2.67. The van der Waals surface area contributed by atoms with E-state index in [9.17, 15) is 0 Å². The Labute approximate surface area is 73.1 Å². The van der Waals surface area contributed by atoms with Gasteiger partial charge in [-0.3, -0.25) is 0 Å². The summed E-state index contributed by atoms with van der Waals surface area (Å²) in [5, 5.41) is 0. The molecule has 0 aliphatic carbocycles. The Hall–Kier alpha value is -1.02. The Morgan fingerprint density at radius 3 is 2.92 bits per heavy atom. The summed E-state index contributed by atoms with van der Waals surface area (Å²) in [5.74, 6) is 1.84. The summed E-state index contributed by atoms with van der Waals surface area (Å²) in [6, 6.07) is 3.87. The molecular formula is C10H15NO. The third-order valence-electron chi connectivity index (χ3n) is 1.82. The fraction of sp³-hybridized carbons (Fsp3) is 0.400. The third-order valence-corrected chi connectivity index (χ3v) is 1.82. The Morgan fingerprint density at radius 1 is 1.67 bits per heavy atom. The first-order chi connectivity index (χ1) is 5.77. The Morgan fingerprint density at radius 2 is 2.42 bits per heavy atom. The maximum absolute atomic E-state index is 5.81. The van der Waals surface area contributed by atoms with Crippen LogP contribution < -0.4 is 5.73 Å². The molecule has 12 heavy (non-hydrogen) atoms. The third kappa shape index (κ3) is 1.98. The highest BCUT2D eigenvalue weighted by Crippen LogP contribution is 2.17. The van der Waals surface area contributed by atoms with Crippen molar-refractivity contribution >= 4 is 0 Å². The molecule has 0 bridgehead atoms. The highest BCUT2D eigenvalue weighted by atomic mass is 16.3. The highest BCUT2D eigenvalue weighted by molar-refractivity contribution is 5.11. The van der Waals surface area contributed by atoms with Gasteiger partial charge in [-0.1, -0.05) is 13.0 Å². The molecule has 0 spiro atoms. The second kappa shape index (κ2) is 4.12. The van der Waals surface area contributed by atoms with E-state index in [4.69, 9.17) is 10.2 Å². The van der Waals surface area contributed by atoms with Crippen molar-refractivity contribution in [3.05, 3.63) is 36.3 Å². The molecule has 0 saturated heterocycles. The summed E-state index contributed by atoms with van der Waals surface area (Å²) < 4.78 is 5.47. The molecular weight excluding hydrogens is 150 g/mol. The minimum atomic E-state index is -0.0391. The van der Waals surface area contributed by atoms with Gasteiger partial charge in [0.25, 0.3) is 0 Å². The molecule has 0 fully saturated rings. The van der Waals surface area contributed by atoms with Crippen LogP contribution in [0.25, 0.3) is 0 Å². The zero-order valence-corrected chi connectivity index (χ0v) is 7.42. The first-order valence-electron chi connectivity index (χ1n) is 4.23. The van der Waals surface area contributed by atoms with Crippen LogP contribution in [0.5, 0.6) is 0 Å². The zero-order valence-electron chi connectivity index (χ0n) is 7.42. The molecule has 0 radical (unpaired) electrons. The number of furan rings is 1. The van der Waals surface area contributed by atoms with Crippen LogP contribution in [0.2, 0.25) is 0 Å². The molecule has 2 nitrogen and oxygen atoms in total. The van der Waals surface area contributed by atoms with E-state index < -0.39 is 0 Å². The van der Waals surface area contributed by atoms with E-state index in [1.807, 2.05) is 12.1 Å². The van der Waals surface area contributed by atoms with Crippen molar-refractivity contribution < 1.29 is 4.42 Å². The van der Waals surface area contributed by atoms with Crippen LogP contribution in [0.3, 0.4) is 0 Å². The molecule has 0 amide bonds. The van der Waals surface area contributed by atoms with Gasteiger partial charge in [0.05, 0.1) is 6.04 Å². The summed E-state index contributed by atoms with van der Waals surface area (Å²) >= 11 is 0. The first kappa shape index (κ1) is 9.07. The van der Waals surface area contributed by atoms with E-state index >= 15 is 0 Å². The molecule has 0 aliphatic heterocycles. The minimum Gasteiger partial charge on any atom is -0.464 e. The van der Waals surface area contributed by atoms with E-state index in [1.54, 1.807) is 6.08 Å². The largest absolute Gasteiger partial charge is 0.464 e. The lowest BCUT2D eigenvalue weighted by molar-refractivity contribution is 0.437. The number of hydrogen-bond acceptors (Lipinski definition) is 2. The summed E-state index contributed by atoms with van der Waals surface area (Å²) in [6.45, 7) is 5.69. The van der Waals surface area contributed by atoms with Gasteiger partial charge in [0, 0.05) is 6.42 Å². The van der Waals surface area contributed by atoms with E-state index in [0.29, 0.717) is 0 Å². The molecule has 0 aromatic carbocycles. The van der Waals surface area contributed by atoms with Crippen LogP contribution in [0.1, 0.15) is 30.9 Å². The van der Waals surface area contributed by atoms with E-state index in [1.165, 1.54) is 0 Å². The van der Waals surface area contributed by atoms with Gasteiger partial charge in [0.15, 0.2) is 0 Å². The van der Waals surface area contributed by atoms with Gasteiger partial charge in [-0.15, -0.1) is 6.58 Å². The summed E-state index contributed by atoms with van der Waals surface area (Å²) in [5.41, 5.74) is 5.81. The maximum atomic E-state index is 5.81. The monoisotopic (exact) mass is 165 g/mol. The average Bonchev–Trinajstić information content (AvgIpc) is 2.52. The molecule has 0 saturated carbocycles. The fourth-order valence-electron chi connectivity index (χ4n) is 1.08. The predicted molar refractivity (Wildman–Crippen MR) is 49.8 cm³/mol. The topological polar surface area (TPSA) is 39.2 Å². The van der Waals surface area contributed by atoms with Gasteiger partial charge in [-0.2, -0.15) is 0 Å². The van der Waals surface area contributed by atoms with Crippen LogP contribution in [0.4, 0.5) is 0 Å². The molecule has 1 rings (SSSR count). The smallest absolute Gasteiger partial charge is 0.121 e. The van der Waals surface area contributed by atoms with Crippen LogP contribution in [-0.2, 0) is 6.42 Å². The van der Waals surface area contributed by atoms with Crippen molar-refractivity contribution in [2.24, 2.45) is 5.73 Å². The van der Waals surface area contributed by atoms with Gasteiger partial charge >= 0.3 is 0 Å². The van der Waals surface area contributed by atoms with Crippen molar-refractivity contribution in [1.29, 1.82) is 0 Å². The molecule has 1 heterocycles. The molecule has 66 valence electrons. The van der Waals surface area contributed by atoms with Crippen molar-refractivity contribution in [1.82, 2.24) is 0 Å². The lowest BCUT2D eigenvalue weighted by Gasteiger charge is -2.03. The molecule has 1 atom stereocenters. The standard InChI is InChI=1S/C10H15NO/c1-3-5-9(11)10-7-6-8(4-2)12-10/h3,6-7,9H,1,4-5,11H2,2H3/t9-/m1/s1. The van der Waals surface area contributed by atoms with Gasteiger partial charge < -0.3 is 10.2 Å². The second-order valence-electron chi connectivity index (χ2n) is 2.79. The summed E-state index contributed by atoms with van der Waals surface area (Å²) in [7, 11) is 0. The quantitative estimate of drug-likeness (QED) is 0.696. The Bertz CT molecular complexity index is 252. The predicted octanol–water partition coefficient (Wildman–Crippen LogP) is 2.42. The molecule has 1 aromatic rings. The van der Waals surface area contributed by atoms with Gasteiger partial charge in [0.1, 0.15) is 11.5 Å². The van der Waals surface area contributed by atoms with Crippen LogP contribution in [0.15, 0.2) is 29.2 Å². The molecule has 0 aliphatic rings. The Kier molecular flexibility index (Phi) is 3.11. The van der Waals surface area contributed by atoms with Crippen molar-refractivity contribution in [2.45, 2.75) is 25.8 Å². The van der Waals surface area contributed by atoms with E-state index in [2.05, 4.69) is 13.5 Å². The molecule has 0 unspecified atom stereocenters. The molecule has 1 aromatic heterocycles. The fourth-order valence-corrected chi connectivity index (χ4v) is 1.08. The van der Waals surface area contributed by atoms with Crippen molar-refractivity contribution in [3.8, 4) is 0 Å². The van der Waals surface area contributed by atoms with Crippen LogP contribution in [0, 0.1) is 0 Å².